The number of nitrogens with one attached hydrogen (secondary N) is 1. The Morgan fingerprint density at radius 3 is 2.44 bits per heavy atom. The molecular formula is C12H22N2O2. The lowest BCUT2D eigenvalue weighted by molar-refractivity contribution is -0.147. The van der Waals surface area contributed by atoms with Crippen LogP contribution in [0.1, 0.15) is 40.5 Å². The van der Waals surface area contributed by atoms with Crippen molar-refractivity contribution in [3.05, 3.63) is 0 Å². The molecule has 1 rings (SSSR count). The summed E-state index contributed by atoms with van der Waals surface area (Å²) in [4.78, 5) is 25.2. The van der Waals surface area contributed by atoms with Gasteiger partial charge in [-0.2, -0.15) is 0 Å². The Kier molecular flexibility index (Phi) is 3.94. The van der Waals surface area contributed by atoms with Gasteiger partial charge in [0.1, 0.15) is 0 Å². The number of piperidine rings is 1. The summed E-state index contributed by atoms with van der Waals surface area (Å²) in [7, 11) is 0. The average Bonchev–Trinajstić information content (AvgIpc) is 2.14. The highest BCUT2D eigenvalue weighted by Gasteiger charge is 2.28. The third-order valence-electron chi connectivity index (χ3n) is 2.63. The fraction of sp³-hybridized carbons (Fsp3) is 0.833. The van der Waals surface area contributed by atoms with Crippen LogP contribution in [0.15, 0.2) is 0 Å². The van der Waals surface area contributed by atoms with Crippen LogP contribution in [0, 0.1) is 5.92 Å². The number of rotatable bonds is 0. The van der Waals surface area contributed by atoms with Crippen LogP contribution in [0.3, 0.4) is 0 Å². The number of nitrogens with zero attached hydrogens (tertiary/aromatic N) is 1. The summed E-state index contributed by atoms with van der Waals surface area (Å²) in [5.41, 5.74) is -0.353. The van der Waals surface area contributed by atoms with E-state index in [1.54, 1.807) is 4.90 Å². The molecule has 92 valence electrons. The fourth-order valence-electron chi connectivity index (χ4n) is 1.91. The summed E-state index contributed by atoms with van der Waals surface area (Å²) < 4.78 is 0. The van der Waals surface area contributed by atoms with E-state index in [9.17, 15) is 9.59 Å². The van der Waals surface area contributed by atoms with Crippen LogP contribution < -0.4 is 5.32 Å². The first-order valence-corrected chi connectivity index (χ1v) is 5.91. The number of hydrogen-bond acceptors (Lipinski definition) is 2. The van der Waals surface area contributed by atoms with E-state index in [-0.39, 0.29) is 11.4 Å². The Morgan fingerprint density at radius 1 is 1.31 bits per heavy atom. The summed E-state index contributed by atoms with van der Waals surface area (Å²) in [5.74, 6) is -0.372. The third-order valence-corrected chi connectivity index (χ3v) is 2.63. The number of carbonyl (C=O) groups excluding carboxylic acids is 2. The first-order chi connectivity index (χ1) is 7.29. The quantitative estimate of drug-likeness (QED) is 0.630. The van der Waals surface area contributed by atoms with Crippen molar-refractivity contribution in [2.45, 2.75) is 46.1 Å². The second kappa shape index (κ2) is 4.85. The maximum atomic E-state index is 11.8. The molecular weight excluding hydrogens is 204 g/mol. The molecule has 0 radical (unpaired) electrons. The lowest BCUT2D eigenvalue weighted by Crippen LogP contribution is -2.51. The van der Waals surface area contributed by atoms with Crippen molar-refractivity contribution in [2.24, 2.45) is 5.92 Å². The minimum absolute atomic E-state index is 0.353. The van der Waals surface area contributed by atoms with Gasteiger partial charge in [-0.15, -0.1) is 0 Å². The van der Waals surface area contributed by atoms with Gasteiger partial charge in [-0.05, 0) is 39.5 Å². The van der Waals surface area contributed by atoms with Gasteiger partial charge >= 0.3 is 11.8 Å². The van der Waals surface area contributed by atoms with Crippen LogP contribution in [0.2, 0.25) is 0 Å². The molecule has 1 fully saturated rings. The highest BCUT2D eigenvalue weighted by molar-refractivity contribution is 6.35. The van der Waals surface area contributed by atoms with E-state index in [1.165, 1.54) is 0 Å². The Bertz CT molecular complexity index is 281. The molecule has 0 aromatic rings. The predicted octanol–water partition coefficient (Wildman–Crippen LogP) is 1.16. The lowest BCUT2D eigenvalue weighted by atomic mass is 10.0. The van der Waals surface area contributed by atoms with Crippen molar-refractivity contribution in [3.63, 3.8) is 0 Å². The Hall–Kier alpha value is -1.06. The summed E-state index contributed by atoms with van der Waals surface area (Å²) in [6, 6.07) is 0. The van der Waals surface area contributed by atoms with Gasteiger partial charge in [0.05, 0.1) is 0 Å². The standard InChI is InChI=1S/C12H22N2O2/c1-9-6-5-7-14(8-9)11(16)10(15)13-12(2,3)4/h9H,5-8H2,1-4H3,(H,13,15). The molecule has 1 unspecified atom stereocenters. The van der Waals surface area contributed by atoms with Crippen LogP contribution in [-0.2, 0) is 9.59 Å². The largest absolute Gasteiger partial charge is 0.343 e. The predicted molar refractivity (Wildman–Crippen MR) is 62.9 cm³/mol. The maximum Gasteiger partial charge on any atom is 0.311 e. The van der Waals surface area contributed by atoms with E-state index in [0.29, 0.717) is 19.0 Å². The number of hydrogen-bond donors (Lipinski definition) is 1. The normalized spacial score (nSPS) is 21.8. The van der Waals surface area contributed by atoms with Gasteiger partial charge in [-0.25, -0.2) is 0 Å². The molecule has 0 spiro atoms. The zero-order valence-corrected chi connectivity index (χ0v) is 10.7. The summed E-state index contributed by atoms with van der Waals surface area (Å²) in [6.45, 7) is 9.14. The number of carbonyl (C=O) groups is 2. The fourth-order valence-corrected chi connectivity index (χ4v) is 1.91. The molecule has 16 heavy (non-hydrogen) atoms. The van der Waals surface area contributed by atoms with Crippen molar-refractivity contribution >= 4 is 11.8 Å². The zero-order chi connectivity index (χ0) is 12.3. The third kappa shape index (κ3) is 3.83. The molecule has 0 saturated carbocycles. The number of likely N-dealkylation sites (tertiary alicyclic amines) is 1. The zero-order valence-electron chi connectivity index (χ0n) is 10.7. The first kappa shape index (κ1) is 13.0. The van der Waals surface area contributed by atoms with E-state index in [4.69, 9.17) is 0 Å². The van der Waals surface area contributed by atoms with Crippen molar-refractivity contribution < 1.29 is 9.59 Å². The molecule has 1 saturated heterocycles. The second-order valence-corrected chi connectivity index (χ2v) is 5.70. The smallest absolute Gasteiger partial charge is 0.311 e. The topological polar surface area (TPSA) is 49.4 Å². The first-order valence-electron chi connectivity index (χ1n) is 5.91. The minimum atomic E-state index is -0.485. The van der Waals surface area contributed by atoms with E-state index >= 15 is 0 Å². The van der Waals surface area contributed by atoms with Crippen molar-refractivity contribution in [1.82, 2.24) is 10.2 Å². The van der Waals surface area contributed by atoms with Crippen LogP contribution >= 0.6 is 0 Å². The van der Waals surface area contributed by atoms with Gasteiger partial charge < -0.3 is 10.2 Å². The van der Waals surface area contributed by atoms with Gasteiger partial charge in [-0.3, -0.25) is 9.59 Å². The van der Waals surface area contributed by atoms with Crippen LogP contribution in [0.5, 0.6) is 0 Å². The molecule has 0 aliphatic carbocycles. The molecule has 4 heteroatoms. The number of amides is 2. The maximum absolute atomic E-state index is 11.8. The highest BCUT2D eigenvalue weighted by atomic mass is 16.2. The Morgan fingerprint density at radius 2 is 1.94 bits per heavy atom. The molecule has 0 aromatic carbocycles. The van der Waals surface area contributed by atoms with Crippen molar-refractivity contribution in [1.29, 1.82) is 0 Å². The Labute approximate surface area is 97.4 Å². The van der Waals surface area contributed by atoms with Crippen LogP contribution in [-0.4, -0.2) is 35.3 Å². The van der Waals surface area contributed by atoms with Crippen molar-refractivity contribution in [2.75, 3.05) is 13.1 Å². The second-order valence-electron chi connectivity index (χ2n) is 5.70. The van der Waals surface area contributed by atoms with Crippen molar-refractivity contribution in [3.8, 4) is 0 Å². The molecule has 1 aliphatic heterocycles. The van der Waals surface area contributed by atoms with E-state index in [2.05, 4.69) is 12.2 Å². The summed E-state index contributed by atoms with van der Waals surface area (Å²) in [5, 5.41) is 2.70. The molecule has 0 bridgehead atoms. The monoisotopic (exact) mass is 226 g/mol. The van der Waals surface area contributed by atoms with Crippen LogP contribution in [0.4, 0.5) is 0 Å². The minimum Gasteiger partial charge on any atom is -0.343 e. The summed E-state index contributed by atoms with van der Waals surface area (Å²) in [6.07, 6.45) is 2.14. The average molecular weight is 226 g/mol. The van der Waals surface area contributed by atoms with Crippen LogP contribution in [0.25, 0.3) is 0 Å². The van der Waals surface area contributed by atoms with Gasteiger partial charge in [0.25, 0.3) is 0 Å². The Balaban J connectivity index is 2.53. The molecule has 1 N–H and O–H groups in total. The molecule has 4 nitrogen and oxygen atoms in total. The molecule has 1 aliphatic rings. The summed E-state index contributed by atoms with van der Waals surface area (Å²) >= 11 is 0. The van der Waals surface area contributed by atoms with Gasteiger partial charge in [0, 0.05) is 18.6 Å². The SMILES string of the molecule is CC1CCCN(C(=O)C(=O)NC(C)(C)C)C1. The molecule has 0 aromatic heterocycles. The molecule has 2 amide bonds. The molecule has 1 atom stereocenters. The van der Waals surface area contributed by atoms with E-state index < -0.39 is 5.91 Å². The van der Waals surface area contributed by atoms with Gasteiger partial charge in [0.2, 0.25) is 0 Å². The molecule has 1 heterocycles. The highest BCUT2D eigenvalue weighted by Crippen LogP contribution is 2.15. The lowest BCUT2D eigenvalue weighted by Gasteiger charge is -2.31. The van der Waals surface area contributed by atoms with Gasteiger partial charge in [-0.1, -0.05) is 6.92 Å². The van der Waals surface area contributed by atoms with E-state index in [1.807, 2.05) is 20.8 Å². The van der Waals surface area contributed by atoms with Gasteiger partial charge in [0.15, 0.2) is 0 Å². The van der Waals surface area contributed by atoms with E-state index in [0.717, 1.165) is 12.8 Å².